The molecule has 18 heavy (non-hydrogen) atoms. The van der Waals surface area contributed by atoms with Crippen LogP contribution in [0.1, 0.15) is 12.6 Å². The van der Waals surface area contributed by atoms with Crippen LogP contribution >= 0.6 is 23.6 Å². The molecule has 0 aromatic carbocycles. The van der Waals surface area contributed by atoms with E-state index in [1.807, 2.05) is 19.1 Å². The fourth-order valence-electron chi connectivity index (χ4n) is 1.59. The zero-order valence-electron chi connectivity index (χ0n) is 9.47. The first kappa shape index (κ1) is 11.4. The molecule has 0 aliphatic rings. The van der Waals surface area contributed by atoms with E-state index >= 15 is 0 Å². The molecule has 0 saturated carbocycles. The monoisotopic (exact) mass is 279 g/mol. The van der Waals surface area contributed by atoms with Gasteiger partial charge in [-0.2, -0.15) is 0 Å². The van der Waals surface area contributed by atoms with E-state index in [-0.39, 0.29) is 4.84 Å². The highest BCUT2D eigenvalue weighted by Crippen LogP contribution is 2.34. The fourth-order valence-corrected chi connectivity index (χ4v) is 2.76. The van der Waals surface area contributed by atoms with Crippen molar-refractivity contribution < 1.29 is 8.83 Å². The minimum atomic E-state index is 0.264. The van der Waals surface area contributed by atoms with E-state index in [4.69, 9.17) is 21.1 Å². The largest absolute Gasteiger partial charge is 0.462 e. The van der Waals surface area contributed by atoms with Crippen LogP contribution in [0.5, 0.6) is 0 Å². The van der Waals surface area contributed by atoms with Gasteiger partial charge in [0.2, 0.25) is 0 Å². The summed E-state index contributed by atoms with van der Waals surface area (Å²) in [6.45, 7) is 2.03. The maximum Gasteiger partial charge on any atom is 0.284 e. The first-order chi connectivity index (χ1) is 8.78. The number of hydrogen-bond acceptors (Lipinski definition) is 6. The summed E-state index contributed by atoms with van der Waals surface area (Å²) >= 11 is 6.36. The van der Waals surface area contributed by atoms with E-state index < -0.39 is 0 Å². The molecule has 92 valence electrons. The number of furan rings is 1. The van der Waals surface area contributed by atoms with Gasteiger partial charge in [-0.15, -0.1) is 16.4 Å². The topological polar surface area (TPSA) is 67.8 Å². The lowest BCUT2D eigenvalue weighted by Crippen LogP contribution is -1.84. The molecule has 7 heteroatoms. The van der Waals surface area contributed by atoms with Crippen molar-refractivity contribution >= 4 is 23.6 Å². The summed E-state index contributed by atoms with van der Waals surface area (Å²) in [5, 5.41) is 7.47. The van der Waals surface area contributed by atoms with Crippen molar-refractivity contribution in [2.75, 3.05) is 0 Å². The Bertz CT molecular complexity index is 709. The Morgan fingerprint density at radius 3 is 3.00 bits per heavy atom. The van der Waals surface area contributed by atoms with Gasteiger partial charge in [-0.25, -0.2) is 10.1 Å². The van der Waals surface area contributed by atoms with Crippen molar-refractivity contribution in [3.63, 3.8) is 0 Å². The molecule has 0 radical (unpaired) electrons. The lowest BCUT2D eigenvalue weighted by Gasteiger charge is -1.90. The highest BCUT2D eigenvalue weighted by Gasteiger charge is 2.17. The second kappa shape index (κ2) is 4.51. The molecular formula is C11H9N3O2S2. The molecule has 0 unspecified atom stereocenters. The van der Waals surface area contributed by atoms with Crippen molar-refractivity contribution in [3.8, 4) is 21.5 Å². The minimum Gasteiger partial charge on any atom is -0.462 e. The quantitative estimate of drug-likeness (QED) is 0.741. The van der Waals surface area contributed by atoms with Gasteiger partial charge in [-0.1, -0.05) is 6.92 Å². The van der Waals surface area contributed by atoms with E-state index in [0.29, 0.717) is 5.89 Å². The molecule has 0 atom stereocenters. The fraction of sp³-hybridized carbons (Fsp3) is 0.182. The lowest BCUT2D eigenvalue weighted by molar-refractivity contribution is 0.552. The predicted octanol–water partition coefficient (Wildman–Crippen LogP) is 3.68. The van der Waals surface area contributed by atoms with Crippen LogP contribution in [0.25, 0.3) is 21.5 Å². The average molecular weight is 279 g/mol. The molecule has 3 aromatic rings. The van der Waals surface area contributed by atoms with Gasteiger partial charge in [0.05, 0.1) is 12.0 Å². The average Bonchev–Trinajstić information content (AvgIpc) is 3.07. The van der Waals surface area contributed by atoms with E-state index in [9.17, 15) is 0 Å². The molecule has 0 aliphatic heterocycles. The highest BCUT2D eigenvalue weighted by atomic mass is 32.1. The summed E-state index contributed by atoms with van der Waals surface area (Å²) in [5.41, 5.74) is 0.927. The molecule has 5 nitrogen and oxygen atoms in total. The van der Waals surface area contributed by atoms with Crippen molar-refractivity contribution in [1.82, 2.24) is 15.2 Å². The standard InChI is InChI=1S/C11H9N3O2S2/c1-2-6-8(9-13-14-11(17)16-9)18-10(12-6)7-4-3-5-15-7/h3-5H,2H2,1H3,(H,14,17). The SMILES string of the molecule is CCc1nc(-c2ccco2)sc1-c1n[nH]c(=S)o1. The first-order valence-corrected chi connectivity index (χ1v) is 6.60. The number of H-pyrrole nitrogens is 1. The number of rotatable bonds is 3. The van der Waals surface area contributed by atoms with Gasteiger partial charge in [-0.05, 0) is 30.8 Å². The minimum absolute atomic E-state index is 0.264. The molecule has 0 saturated heterocycles. The van der Waals surface area contributed by atoms with Crippen LogP contribution in [0.3, 0.4) is 0 Å². The van der Waals surface area contributed by atoms with E-state index in [1.165, 1.54) is 11.3 Å². The second-order valence-electron chi connectivity index (χ2n) is 3.54. The number of aryl methyl sites for hydroxylation is 1. The smallest absolute Gasteiger partial charge is 0.284 e. The third-order valence-corrected chi connectivity index (χ3v) is 3.67. The molecular weight excluding hydrogens is 270 g/mol. The first-order valence-electron chi connectivity index (χ1n) is 5.37. The molecule has 3 rings (SSSR count). The normalized spacial score (nSPS) is 10.9. The Morgan fingerprint density at radius 2 is 2.39 bits per heavy atom. The molecule has 0 amide bonds. The number of aromatic amines is 1. The molecule has 3 heterocycles. The molecule has 0 bridgehead atoms. The van der Waals surface area contributed by atoms with Gasteiger partial charge in [0, 0.05) is 0 Å². The van der Waals surface area contributed by atoms with Crippen molar-refractivity contribution in [1.29, 1.82) is 0 Å². The van der Waals surface area contributed by atoms with E-state index in [0.717, 1.165) is 27.8 Å². The van der Waals surface area contributed by atoms with Crippen molar-refractivity contribution in [2.24, 2.45) is 0 Å². The predicted molar refractivity (Wildman–Crippen MR) is 69.9 cm³/mol. The van der Waals surface area contributed by atoms with Crippen LogP contribution in [0.15, 0.2) is 27.2 Å². The summed E-state index contributed by atoms with van der Waals surface area (Å²) in [7, 11) is 0. The maximum absolute atomic E-state index is 5.34. The molecule has 1 N–H and O–H groups in total. The molecule has 0 fully saturated rings. The Labute approximate surface area is 111 Å². The number of aromatic nitrogens is 3. The van der Waals surface area contributed by atoms with Gasteiger partial charge in [0.1, 0.15) is 4.88 Å². The summed E-state index contributed by atoms with van der Waals surface area (Å²) in [6, 6.07) is 3.71. The van der Waals surface area contributed by atoms with Crippen molar-refractivity contribution in [3.05, 3.63) is 28.9 Å². The summed E-state index contributed by atoms with van der Waals surface area (Å²) in [4.78, 5) is 5.68. The number of thiazole rings is 1. The number of hydrogen-bond donors (Lipinski definition) is 1. The van der Waals surface area contributed by atoms with E-state index in [1.54, 1.807) is 6.26 Å². The van der Waals surface area contributed by atoms with Gasteiger partial charge >= 0.3 is 0 Å². The van der Waals surface area contributed by atoms with Gasteiger partial charge in [-0.3, -0.25) is 0 Å². The van der Waals surface area contributed by atoms with Crippen LogP contribution in [0.4, 0.5) is 0 Å². The third kappa shape index (κ3) is 1.91. The van der Waals surface area contributed by atoms with Gasteiger partial charge in [0.25, 0.3) is 10.7 Å². The molecule has 0 aliphatic carbocycles. The summed E-state index contributed by atoms with van der Waals surface area (Å²) in [5.74, 6) is 1.22. The van der Waals surface area contributed by atoms with Gasteiger partial charge < -0.3 is 8.83 Å². The van der Waals surface area contributed by atoms with Crippen LogP contribution in [-0.4, -0.2) is 15.2 Å². The highest BCUT2D eigenvalue weighted by molar-refractivity contribution is 7.71. The summed E-state index contributed by atoms with van der Waals surface area (Å²) < 4.78 is 10.7. The Morgan fingerprint density at radius 1 is 1.50 bits per heavy atom. The Balaban J connectivity index is 2.12. The van der Waals surface area contributed by atoms with Crippen LogP contribution in [0.2, 0.25) is 0 Å². The number of nitrogens with one attached hydrogen (secondary N) is 1. The van der Waals surface area contributed by atoms with Crippen LogP contribution < -0.4 is 0 Å². The van der Waals surface area contributed by atoms with Gasteiger partial charge in [0.15, 0.2) is 10.8 Å². The molecule has 3 aromatic heterocycles. The third-order valence-electron chi connectivity index (χ3n) is 2.40. The maximum atomic E-state index is 5.34. The molecule has 0 spiro atoms. The van der Waals surface area contributed by atoms with Crippen LogP contribution in [0, 0.1) is 4.84 Å². The zero-order chi connectivity index (χ0) is 12.5. The van der Waals surface area contributed by atoms with Crippen molar-refractivity contribution in [2.45, 2.75) is 13.3 Å². The Hall–Kier alpha value is -1.73. The summed E-state index contributed by atoms with van der Waals surface area (Å²) in [6.07, 6.45) is 2.42. The second-order valence-corrected chi connectivity index (χ2v) is 4.91. The lowest BCUT2D eigenvalue weighted by atomic mass is 10.3. The van der Waals surface area contributed by atoms with Crippen LogP contribution in [-0.2, 0) is 6.42 Å². The zero-order valence-corrected chi connectivity index (χ0v) is 11.1. The Kier molecular flexibility index (Phi) is 2.85. The number of nitrogens with zero attached hydrogens (tertiary/aromatic N) is 2. The van der Waals surface area contributed by atoms with E-state index in [2.05, 4.69) is 15.2 Å².